The number of thiazole rings is 1. The lowest BCUT2D eigenvalue weighted by Gasteiger charge is -2.16. The largest absolute Gasteiger partial charge is 0.345 e. The number of pyridine rings is 1. The molecule has 1 fully saturated rings. The molecule has 0 aliphatic carbocycles. The maximum atomic E-state index is 13.7. The molecule has 6 rings (SSSR count). The Labute approximate surface area is 228 Å². The number of rotatable bonds is 7. The first kappa shape index (κ1) is 24.9. The van der Waals surface area contributed by atoms with Gasteiger partial charge in [-0.15, -0.1) is 11.3 Å². The normalized spacial score (nSPS) is 15.1. The summed E-state index contributed by atoms with van der Waals surface area (Å²) in [5, 5.41) is 9.84. The Hall–Kier alpha value is -4.42. The van der Waals surface area contributed by atoms with Gasteiger partial charge < -0.3 is 15.5 Å². The first-order valence-corrected chi connectivity index (χ1v) is 13.5. The number of aromatic nitrogens is 6. The molecule has 4 aromatic heterocycles. The fourth-order valence-electron chi connectivity index (χ4n) is 4.78. The van der Waals surface area contributed by atoms with Crippen molar-refractivity contribution in [3.8, 4) is 5.13 Å². The summed E-state index contributed by atoms with van der Waals surface area (Å²) in [4.78, 5) is 45.8. The van der Waals surface area contributed by atoms with Crippen LogP contribution in [0.25, 0.3) is 16.2 Å². The summed E-state index contributed by atoms with van der Waals surface area (Å²) in [7, 11) is 3.23. The van der Waals surface area contributed by atoms with Gasteiger partial charge in [0.1, 0.15) is 17.5 Å². The Kier molecular flexibility index (Phi) is 6.63. The van der Waals surface area contributed by atoms with E-state index in [9.17, 15) is 9.59 Å². The molecule has 0 radical (unpaired) electrons. The maximum Gasteiger partial charge on any atom is 0.265 e. The molecule has 1 saturated heterocycles. The standard InChI is InChI=1S/C27H27N9O2S/c1-34(2)24(37)22-11-19-13-31-26(32-20-5-3-17(4-6-20)18-7-8-28-12-18)33-23(19)35(25(22)38)15-21-14-29-16-36(21)27-30-9-10-39-27/h3-6,9-11,13-14,16,18,28H,7-8,12,15H2,1-2H3,(H,31,32,33). The average molecular weight is 542 g/mol. The molecule has 2 N–H and O–H groups in total. The highest BCUT2D eigenvalue weighted by atomic mass is 32.1. The monoisotopic (exact) mass is 541 g/mol. The van der Waals surface area contributed by atoms with Crippen LogP contribution in [0, 0.1) is 0 Å². The van der Waals surface area contributed by atoms with Gasteiger partial charge >= 0.3 is 0 Å². The van der Waals surface area contributed by atoms with Crippen molar-refractivity contribution in [2.45, 2.75) is 18.9 Å². The molecule has 5 heterocycles. The van der Waals surface area contributed by atoms with Gasteiger partial charge in [0.2, 0.25) is 5.95 Å². The molecule has 0 saturated carbocycles. The van der Waals surface area contributed by atoms with Crippen LogP contribution < -0.4 is 16.2 Å². The topological polar surface area (TPSA) is 123 Å². The molecule has 39 heavy (non-hydrogen) atoms. The zero-order valence-corrected chi connectivity index (χ0v) is 22.4. The maximum absolute atomic E-state index is 13.7. The number of carbonyl (C=O) groups is 1. The quantitative estimate of drug-likeness (QED) is 0.322. The summed E-state index contributed by atoms with van der Waals surface area (Å²) >= 11 is 1.46. The van der Waals surface area contributed by atoms with Crippen LogP contribution in [0.2, 0.25) is 0 Å². The van der Waals surface area contributed by atoms with Gasteiger partial charge in [0.25, 0.3) is 11.5 Å². The third-order valence-corrected chi connectivity index (χ3v) is 7.59. The van der Waals surface area contributed by atoms with Gasteiger partial charge in [0.05, 0.1) is 18.4 Å². The van der Waals surface area contributed by atoms with Crippen molar-refractivity contribution in [1.82, 2.24) is 39.3 Å². The lowest BCUT2D eigenvalue weighted by atomic mass is 9.98. The lowest BCUT2D eigenvalue weighted by molar-refractivity contribution is 0.0825. The number of benzene rings is 1. The van der Waals surface area contributed by atoms with Gasteiger partial charge in [-0.1, -0.05) is 12.1 Å². The van der Waals surface area contributed by atoms with E-state index >= 15 is 0 Å². The number of carbonyl (C=O) groups excluding carboxylic acids is 1. The number of amides is 1. The Bertz CT molecular complexity index is 1690. The Morgan fingerprint density at radius 1 is 1.21 bits per heavy atom. The summed E-state index contributed by atoms with van der Waals surface area (Å²) in [6.07, 6.45) is 7.82. The minimum Gasteiger partial charge on any atom is -0.345 e. The van der Waals surface area contributed by atoms with Crippen LogP contribution in [0.1, 0.15) is 34.0 Å². The number of hydrogen-bond acceptors (Lipinski definition) is 9. The van der Waals surface area contributed by atoms with Crippen molar-refractivity contribution in [1.29, 1.82) is 0 Å². The van der Waals surface area contributed by atoms with Crippen LogP contribution in [0.5, 0.6) is 0 Å². The fourth-order valence-corrected chi connectivity index (χ4v) is 5.42. The Morgan fingerprint density at radius 2 is 2.05 bits per heavy atom. The van der Waals surface area contributed by atoms with Gasteiger partial charge in [-0.3, -0.25) is 18.7 Å². The van der Waals surface area contributed by atoms with E-state index < -0.39 is 5.56 Å². The van der Waals surface area contributed by atoms with E-state index in [1.165, 1.54) is 26.4 Å². The molecule has 1 amide bonds. The van der Waals surface area contributed by atoms with E-state index in [-0.39, 0.29) is 18.0 Å². The first-order chi connectivity index (χ1) is 19.0. The van der Waals surface area contributed by atoms with Gasteiger partial charge in [0, 0.05) is 49.5 Å². The Balaban J connectivity index is 1.39. The highest BCUT2D eigenvalue weighted by Crippen LogP contribution is 2.25. The second-order valence-corrected chi connectivity index (χ2v) is 10.5. The zero-order chi connectivity index (χ0) is 26.9. The lowest BCUT2D eigenvalue weighted by Crippen LogP contribution is -2.33. The molecule has 198 valence electrons. The second kappa shape index (κ2) is 10.4. The van der Waals surface area contributed by atoms with Crippen molar-refractivity contribution < 1.29 is 4.79 Å². The molecule has 5 aromatic rings. The molecule has 12 heteroatoms. The number of imidazole rings is 1. The van der Waals surface area contributed by atoms with Crippen LogP contribution in [0.15, 0.2) is 65.4 Å². The number of anilines is 2. The van der Waals surface area contributed by atoms with Gasteiger partial charge in [0.15, 0.2) is 5.13 Å². The third-order valence-electron chi connectivity index (χ3n) is 6.82. The second-order valence-electron chi connectivity index (χ2n) is 9.63. The van der Waals surface area contributed by atoms with E-state index in [0.717, 1.165) is 36.0 Å². The summed E-state index contributed by atoms with van der Waals surface area (Å²) in [5.41, 5.74) is 2.90. The van der Waals surface area contributed by atoms with E-state index in [0.29, 0.717) is 22.9 Å². The molecular weight excluding hydrogens is 514 g/mol. The van der Waals surface area contributed by atoms with E-state index in [4.69, 9.17) is 4.98 Å². The molecule has 1 unspecified atom stereocenters. The number of nitrogens with one attached hydrogen (secondary N) is 2. The van der Waals surface area contributed by atoms with Crippen LogP contribution in [-0.2, 0) is 6.54 Å². The smallest absolute Gasteiger partial charge is 0.265 e. The molecule has 11 nitrogen and oxygen atoms in total. The van der Waals surface area contributed by atoms with E-state index in [1.807, 2.05) is 22.1 Å². The molecule has 1 aliphatic heterocycles. The summed E-state index contributed by atoms with van der Waals surface area (Å²) in [6, 6.07) is 9.83. The molecule has 1 aliphatic rings. The number of nitrogens with zero attached hydrogens (tertiary/aromatic N) is 7. The fraction of sp³-hybridized carbons (Fsp3) is 0.259. The molecule has 1 aromatic carbocycles. The van der Waals surface area contributed by atoms with Gasteiger partial charge in [-0.25, -0.2) is 15.0 Å². The first-order valence-electron chi connectivity index (χ1n) is 12.6. The van der Waals surface area contributed by atoms with Crippen LogP contribution in [-0.4, -0.2) is 67.1 Å². The van der Waals surface area contributed by atoms with Crippen LogP contribution in [0.3, 0.4) is 0 Å². The Morgan fingerprint density at radius 3 is 2.77 bits per heavy atom. The summed E-state index contributed by atoms with van der Waals surface area (Å²) in [5.74, 6) is 0.497. The number of hydrogen-bond donors (Lipinski definition) is 2. The van der Waals surface area contributed by atoms with Crippen LogP contribution >= 0.6 is 11.3 Å². The van der Waals surface area contributed by atoms with Crippen molar-refractivity contribution >= 4 is 39.9 Å². The minimum absolute atomic E-state index is 0.0501. The molecular formula is C27H27N9O2S. The van der Waals surface area contributed by atoms with Crippen molar-refractivity contribution in [2.75, 3.05) is 32.5 Å². The third kappa shape index (κ3) is 4.91. The van der Waals surface area contributed by atoms with Crippen LogP contribution in [0.4, 0.5) is 11.6 Å². The highest BCUT2D eigenvalue weighted by Gasteiger charge is 2.21. The summed E-state index contributed by atoms with van der Waals surface area (Å²) < 4.78 is 3.32. The van der Waals surface area contributed by atoms with Crippen molar-refractivity contribution in [2.24, 2.45) is 0 Å². The average Bonchev–Trinajstić information content (AvgIpc) is 3.73. The van der Waals surface area contributed by atoms with E-state index in [1.54, 1.807) is 45.1 Å². The minimum atomic E-state index is -0.438. The van der Waals surface area contributed by atoms with Crippen molar-refractivity contribution in [3.05, 3.63) is 87.8 Å². The van der Waals surface area contributed by atoms with Gasteiger partial charge in [-0.05, 0) is 42.6 Å². The van der Waals surface area contributed by atoms with E-state index in [2.05, 4.69) is 37.7 Å². The molecule has 0 bridgehead atoms. The predicted octanol–water partition coefficient (Wildman–Crippen LogP) is 3.00. The van der Waals surface area contributed by atoms with Crippen molar-refractivity contribution in [3.63, 3.8) is 0 Å². The zero-order valence-electron chi connectivity index (χ0n) is 21.5. The molecule has 0 spiro atoms. The SMILES string of the molecule is CN(C)C(=O)c1cc2cnc(Nc3ccc(C4CCNC4)cc3)nc2n(Cc2cncn2-c2nccs2)c1=O. The van der Waals surface area contributed by atoms with Gasteiger partial charge in [-0.2, -0.15) is 4.98 Å². The predicted molar refractivity (Wildman–Crippen MR) is 150 cm³/mol. The highest BCUT2D eigenvalue weighted by molar-refractivity contribution is 7.12. The number of fused-ring (bicyclic) bond motifs is 1. The molecule has 1 atom stereocenters. The summed E-state index contributed by atoms with van der Waals surface area (Å²) in [6.45, 7) is 2.19.